The van der Waals surface area contributed by atoms with Crippen LogP contribution in [0.1, 0.15) is 16.1 Å². The van der Waals surface area contributed by atoms with E-state index in [0.717, 1.165) is 18.5 Å². The van der Waals surface area contributed by atoms with Gasteiger partial charge in [0.05, 0.1) is 5.69 Å². The fourth-order valence-corrected chi connectivity index (χ4v) is 2.32. The molecule has 3 nitrogen and oxygen atoms in total. The van der Waals surface area contributed by atoms with E-state index < -0.39 is 0 Å². The minimum absolute atomic E-state index is 0.981. The van der Waals surface area contributed by atoms with Gasteiger partial charge in [0.1, 0.15) is 0 Å². The van der Waals surface area contributed by atoms with Crippen LogP contribution in [0, 0.1) is 6.92 Å². The molecule has 2 rings (SSSR count). The zero-order chi connectivity index (χ0) is 9.97. The molecule has 0 amide bonds. The molecule has 0 N–H and O–H groups in total. The fourth-order valence-electron chi connectivity index (χ4n) is 1.41. The molecule has 0 aliphatic carbocycles. The van der Waals surface area contributed by atoms with Crippen molar-refractivity contribution in [3.05, 3.63) is 33.8 Å². The summed E-state index contributed by atoms with van der Waals surface area (Å²) >= 11 is 1.82. The van der Waals surface area contributed by atoms with Crippen LogP contribution in [0.5, 0.6) is 0 Å². The van der Waals surface area contributed by atoms with E-state index in [-0.39, 0.29) is 0 Å². The Morgan fingerprint density at radius 3 is 2.86 bits per heavy atom. The van der Waals surface area contributed by atoms with Crippen molar-refractivity contribution in [3.63, 3.8) is 0 Å². The maximum absolute atomic E-state index is 4.06. The van der Waals surface area contributed by atoms with Gasteiger partial charge >= 0.3 is 0 Å². The highest BCUT2D eigenvalue weighted by Crippen LogP contribution is 2.17. The Labute approximate surface area is 87.4 Å². The standard InChI is InChI=1S/C10H13N3S/c1-8-5-6-14-10(8)4-3-9-7-13(2)12-11-9/h5-7H,3-4H2,1-2H3. The average Bonchev–Trinajstić information content (AvgIpc) is 2.72. The highest BCUT2D eigenvalue weighted by atomic mass is 32.1. The highest BCUT2D eigenvalue weighted by Gasteiger charge is 2.02. The van der Waals surface area contributed by atoms with Crippen LogP contribution in [0.15, 0.2) is 17.6 Å². The number of thiophene rings is 1. The summed E-state index contributed by atoms with van der Waals surface area (Å²) in [5.41, 5.74) is 2.46. The van der Waals surface area contributed by atoms with Crippen LogP contribution >= 0.6 is 11.3 Å². The Balaban J connectivity index is 1.98. The van der Waals surface area contributed by atoms with Gasteiger partial charge in [-0.1, -0.05) is 5.21 Å². The molecule has 74 valence electrons. The summed E-state index contributed by atoms with van der Waals surface area (Å²) in [7, 11) is 1.90. The summed E-state index contributed by atoms with van der Waals surface area (Å²) in [4.78, 5) is 1.45. The Morgan fingerprint density at radius 1 is 1.43 bits per heavy atom. The van der Waals surface area contributed by atoms with E-state index in [2.05, 4.69) is 28.7 Å². The summed E-state index contributed by atoms with van der Waals surface area (Å²) in [6.45, 7) is 2.16. The van der Waals surface area contributed by atoms with Crippen LogP contribution in [0.2, 0.25) is 0 Å². The normalized spacial score (nSPS) is 10.7. The molecule has 2 heterocycles. The second-order valence-electron chi connectivity index (χ2n) is 3.41. The lowest BCUT2D eigenvalue weighted by Crippen LogP contribution is -1.90. The predicted octanol–water partition coefficient (Wildman–Crippen LogP) is 1.97. The lowest BCUT2D eigenvalue weighted by atomic mass is 10.2. The minimum atomic E-state index is 0.981. The molecule has 0 saturated heterocycles. The van der Waals surface area contributed by atoms with Gasteiger partial charge in [0, 0.05) is 18.1 Å². The second kappa shape index (κ2) is 3.92. The lowest BCUT2D eigenvalue weighted by Gasteiger charge is -1.95. The van der Waals surface area contributed by atoms with Crippen molar-refractivity contribution in [2.75, 3.05) is 0 Å². The van der Waals surface area contributed by atoms with Crippen molar-refractivity contribution in [3.8, 4) is 0 Å². The van der Waals surface area contributed by atoms with E-state index >= 15 is 0 Å². The Bertz CT molecular complexity index is 416. The average molecular weight is 207 g/mol. The largest absolute Gasteiger partial charge is 0.255 e. The topological polar surface area (TPSA) is 30.7 Å². The first kappa shape index (κ1) is 9.40. The van der Waals surface area contributed by atoms with Gasteiger partial charge in [-0.15, -0.1) is 16.4 Å². The van der Waals surface area contributed by atoms with Gasteiger partial charge in [0.25, 0.3) is 0 Å². The number of nitrogens with zero attached hydrogens (tertiary/aromatic N) is 3. The molecule has 14 heavy (non-hydrogen) atoms. The Kier molecular flexibility index (Phi) is 2.63. The maximum Gasteiger partial charge on any atom is 0.0830 e. The molecule has 2 aromatic heterocycles. The molecule has 0 unspecified atom stereocenters. The van der Waals surface area contributed by atoms with E-state index in [1.165, 1.54) is 10.4 Å². The molecular weight excluding hydrogens is 194 g/mol. The van der Waals surface area contributed by atoms with Crippen LogP contribution in [-0.2, 0) is 19.9 Å². The van der Waals surface area contributed by atoms with E-state index in [4.69, 9.17) is 0 Å². The van der Waals surface area contributed by atoms with Crippen molar-refractivity contribution in [1.82, 2.24) is 15.0 Å². The SMILES string of the molecule is Cc1ccsc1CCc1cn(C)nn1. The molecule has 0 atom stereocenters. The van der Waals surface area contributed by atoms with Crippen molar-refractivity contribution >= 4 is 11.3 Å². The van der Waals surface area contributed by atoms with E-state index in [1.807, 2.05) is 24.6 Å². The predicted molar refractivity (Wildman–Crippen MR) is 57.5 cm³/mol. The molecule has 0 saturated carbocycles. The van der Waals surface area contributed by atoms with Crippen LogP contribution < -0.4 is 0 Å². The summed E-state index contributed by atoms with van der Waals surface area (Å²) in [5, 5.41) is 10.1. The van der Waals surface area contributed by atoms with Crippen molar-refractivity contribution in [2.45, 2.75) is 19.8 Å². The molecule has 0 radical (unpaired) electrons. The van der Waals surface area contributed by atoms with Gasteiger partial charge in [0.15, 0.2) is 0 Å². The molecule has 0 bridgehead atoms. The van der Waals surface area contributed by atoms with Crippen molar-refractivity contribution in [1.29, 1.82) is 0 Å². The molecular formula is C10H13N3S. The Morgan fingerprint density at radius 2 is 2.29 bits per heavy atom. The Hall–Kier alpha value is -1.16. The molecule has 2 aromatic rings. The number of aryl methyl sites for hydroxylation is 4. The van der Waals surface area contributed by atoms with E-state index in [0.29, 0.717) is 0 Å². The third-order valence-electron chi connectivity index (χ3n) is 2.23. The van der Waals surface area contributed by atoms with E-state index in [1.54, 1.807) is 4.68 Å². The zero-order valence-electron chi connectivity index (χ0n) is 8.40. The summed E-state index contributed by atoms with van der Waals surface area (Å²) in [6, 6.07) is 2.16. The molecule has 0 aliphatic rings. The first-order chi connectivity index (χ1) is 6.75. The summed E-state index contributed by atoms with van der Waals surface area (Å²) in [6.07, 6.45) is 4.03. The smallest absolute Gasteiger partial charge is 0.0830 e. The first-order valence-corrected chi connectivity index (χ1v) is 5.52. The second-order valence-corrected chi connectivity index (χ2v) is 4.41. The molecule has 0 fully saturated rings. The van der Waals surface area contributed by atoms with E-state index in [9.17, 15) is 0 Å². The van der Waals surface area contributed by atoms with Crippen LogP contribution in [0.3, 0.4) is 0 Å². The van der Waals surface area contributed by atoms with Gasteiger partial charge in [-0.3, -0.25) is 4.68 Å². The molecule has 4 heteroatoms. The van der Waals surface area contributed by atoms with Crippen molar-refractivity contribution in [2.24, 2.45) is 7.05 Å². The van der Waals surface area contributed by atoms with Crippen LogP contribution in [-0.4, -0.2) is 15.0 Å². The molecule has 0 aromatic carbocycles. The quantitative estimate of drug-likeness (QED) is 0.770. The maximum atomic E-state index is 4.06. The van der Waals surface area contributed by atoms with Gasteiger partial charge < -0.3 is 0 Å². The number of aromatic nitrogens is 3. The molecule has 0 spiro atoms. The van der Waals surface area contributed by atoms with Crippen LogP contribution in [0.4, 0.5) is 0 Å². The van der Waals surface area contributed by atoms with Gasteiger partial charge in [-0.05, 0) is 36.8 Å². The lowest BCUT2D eigenvalue weighted by molar-refractivity contribution is 0.713. The first-order valence-electron chi connectivity index (χ1n) is 4.64. The minimum Gasteiger partial charge on any atom is -0.255 e. The fraction of sp³-hybridized carbons (Fsp3) is 0.400. The highest BCUT2D eigenvalue weighted by molar-refractivity contribution is 7.10. The van der Waals surface area contributed by atoms with Crippen molar-refractivity contribution < 1.29 is 0 Å². The summed E-state index contributed by atoms with van der Waals surface area (Å²) in [5.74, 6) is 0. The molecule has 0 aliphatic heterocycles. The summed E-state index contributed by atoms with van der Waals surface area (Å²) < 4.78 is 1.75. The number of hydrogen-bond donors (Lipinski definition) is 0. The van der Waals surface area contributed by atoms with Gasteiger partial charge in [-0.25, -0.2) is 0 Å². The number of hydrogen-bond acceptors (Lipinski definition) is 3. The third-order valence-corrected chi connectivity index (χ3v) is 3.31. The van der Waals surface area contributed by atoms with Gasteiger partial charge in [-0.2, -0.15) is 0 Å². The third kappa shape index (κ3) is 2.01. The van der Waals surface area contributed by atoms with Crippen LogP contribution in [0.25, 0.3) is 0 Å². The van der Waals surface area contributed by atoms with Gasteiger partial charge in [0.2, 0.25) is 0 Å². The monoisotopic (exact) mass is 207 g/mol. The number of rotatable bonds is 3. The zero-order valence-corrected chi connectivity index (χ0v) is 9.21.